The Labute approximate surface area is 296 Å². The van der Waals surface area contributed by atoms with Gasteiger partial charge in [0.2, 0.25) is 0 Å². The average Bonchev–Trinajstić information content (AvgIpc) is 3.51. The molecule has 0 saturated heterocycles. The minimum atomic E-state index is -1.27. The molecule has 46 heavy (non-hydrogen) atoms. The number of benzene rings is 5. The molecule has 0 saturated carbocycles. The van der Waals surface area contributed by atoms with Crippen molar-refractivity contribution in [2.75, 3.05) is 0 Å². The van der Waals surface area contributed by atoms with Crippen LogP contribution in [-0.4, -0.2) is 18.0 Å². The van der Waals surface area contributed by atoms with E-state index in [1.54, 1.807) is 17.5 Å². The van der Waals surface area contributed by atoms with Crippen molar-refractivity contribution in [1.82, 2.24) is 9.97 Å². The first kappa shape index (κ1) is 25.9. The van der Waals surface area contributed by atoms with Gasteiger partial charge in [0, 0.05) is 37.2 Å². The van der Waals surface area contributed by atoms with Gasteiger partial charge in [0.15, 0.2) is 0 Å². The molecule has 0 aliphatic carbocycles. The third kappa shape index (κ3) is 6.65. The van der Waals surface area contributed by atoms with Gasteiger partial charge in [0.25, 0.3) is 0 Å². The number of rotatable bonds is 4. The smallest absolute Gasteiger partial charge is 0.0795 e. The first-order chi connectivity index (χ1) is 24.0. The second-order valence-electron chi connectivity index (χ2n) is 11.8. The van der Waals surface area contributed by atoms with Crippen molar-refractivity contribution in [1.29, 1.82) is 0 Å². The summed E-state index contributed by atoms with van der Waals surface area (Å²) in [6.07, 6.45) is 3.79. The van der Waals surface area contributed by atoms with Crippen LogP contribution < -0.4 is 5.19 Å². The SMILES string of the molecule is C[Si](C)(C)c1ccc(-c2[c-]cc3ccccc3c2)nc1.[2H]c1c([2H])c([2H])c(-c2ccc3c(c2)sc2c(-c4ccccn4)[c-]ccc23)c([2H])c1[2H].[Ir]. The second-order valence-corrected chi connectivity index (χ2v) is 17.9. The minimum Gasteiger partial charge on any atom is -0.305 e. The van der Waals surface area contributed by atoms with Crippen LogP contribution >= 0.6 is 11.3 Å². The molecule has 3 aromatic heterocycles. The molecule has 0 bridgehead atoms. The van der Waals surface area contributed by atoms with E-state index in [0.29, 0.717) is 5.56 Å². The third-order valence-corrected chi connectivity index (χ3v) is 10.9. The Morgan fingerprint density at radius 2 is 1.52 bits per heavy atom. The molecule has 2 nitrogen and oxygen atoms in total. The molecule has 0 amide bonds. The summed E-state index contributed by atoms with van der Waals surface area (Å²) in [6.45, 7) is 7.02. The second kappa shape index (κ2) is 13.6. The maximum atomic E-state index is 8.25. The first-order valence-electron chi connectivity index (χ1n) is 17.2. The number of hydrogen-bond acceptors (Lipinski definition) is 3. The number of aromatic nitrogens is 2. The summed E-state index contributed by atoms with van der Waals surface area (Å²) >= 11 is 1.59. The Morgan fingerprint density at radius 1 is 0.717 bits per heavy atom. The predicted molar refractivity (Wildman–Crippen MR) is 196 cm³/mol. The summed E-state index contributed by atoms with van der Waals surface area (Å²) in [4.78, 5) is 9.08. The standard InChI is InChI=1S/C23H14NS.C18H18NSi.Ir/c1-2-7-16(8-3-1)17-12-13-18-19-9-6-10-20(21-11-4-5-14-24-21)23(19)25-22(18)15-17;1-20(2,3)17-10-11-18(19-13-17)16-9-8-14-6-4-5-7-15(14)12-16;/h1-9,11-15H;4-8,10-13H,1-3H3;/q2*-1;/i1D,2D,3D,7D,8D;;. The van der Waals surface area contributed by atoms with Gasteiger partial charge in [0.05, 0.1) is 14.9 Å². The fourth-order valence-corrected chi connectivity index (χ4v) is 7.55. The van der Waals surface area contributed by atoms with Crippen molar-refractivity contribution in [3.05, 3.63) is 152 Å². The van der Waals surface area contributed by atoms with Crippen molar-refractivity contribution < 1.29 is 27.0 Å². The van der Waals surface area contributed by atoms with Gasteiger partial charge in [-0.1, -0.05) is 121 Å². The molecule has 0 unspecified atom stereocenters. The Morgan fingerprint density at radius 3 is 2.26 bits per heavy atom. The van der Waals surface area contributed by atoms with E-state index in [1.807, 2.05) is 60.8 Å². The van der Waals surface area contributed by atoms with Crippen LogP contribution in [0.2, 0.25) is 19.6 Å². The first-order valence-corrected chi connectivity index (χ1v) is 19.1. The van der Waals surface area contributed by atoms with Gasteiger partial charge in [-0.2, -0.15) is 11.3 Å². The van der Waals surface area contributed by atoms with Crippen LogP contribution in [0.15, 0.2) is 140 Å². The van der Waals surface area contributed by atoms with Crippen LogP contribution in [-0.2, 0) is 20.1 Å². The minimum absolute atomic E-state index is 0. The van der Waals surface area contributed by atoms with E-state index in [2.05, 4.69) is 84.2 Å². The van der Waals surface area contributed by atoms with Crippen LogP contribution in [0.3, 0.4) is 0 Å². The summed E-state index contributed by atoms with van der Waals surface area (Å²) in [5.41, 5.74) is 4.66. The molecule has 5 heteroatoms. The molecule has 0 fully saturated rings. The fraction of sp³-hybridized carbons (Fsp3) is 0.0732. The Hall–Kier alpha value is -4.25. The number of thiophene rings is 1. The van der Waals surface area contributed by atoms with Crippen LogP contribution in [0.25, 0.3) is 64.6 Å². The third-order valence-electron chi connectivity index (χ3n) is 7.73. The molecule has 0 aliphatic rings. The molecule has 5 aromatic carbocycles. The summed E-state index contributed by atoms with van der Waals surface area (Å²) < 4.78 is 42.2. The quantitative estimate of drug-likeness (QED) is 0.131. The van der Waals surface area contributed by atoms with Crippen molar-refractivity contribution in [2.45, 2.75) is 19.6 Å². The molecular formula is C41H32IrN2SSi-2. The largest absolute Gasteiger partial charge is 0.305 e. The van der Waals surface area contributed by atoms with E-state index in [-0.39, 0.29) is 55.9 Å². The Balaban J connectivity index is 0.000000186. The fourth-order valence-electron chi connectivity index (χ4n) is 5.26. The zero-order valence-corrected chi connectivity index (χ0v) is 29.7. The van der Waals surface area contributed by atoms with Gasteiger partial charge in [-0.3, -0.25) is 0 Å². The molecule has 8 rings (SSSR count). The van der Waals surface area contributed by atoms with E-state index >= 15 is 0 Å². The van der Waals surface area contributed by atoms with Gasteiger partial charge in [0.1, 0.15) is 0 Å². The Bertz CT molecular complexity index is 2510. The summed E-state index contributed by atoms with van der Waals surface area (Å²) in [5.74, 6) is 0. The predicted octanol–water partition coefficient (Wildman–Crippen LogP) is 10.8. The van der Waals surface area contributed by atoms with Gasteiger partial charge < -0.3 is 9.97 Å². The number of fused-ring (bicyclic) bond motifs is 4. The number of nitrogens with zero attached hydrogens (tertiary/aromatic N) is 2. The van der Waals surface area contributed by atoms with Gasteiger partial charge in [-0.15, -0.1) is 52.9 Å². The molecule has 0 atom stereocenters. The van der Waals surface area contributed by atoms with Gasteiger partial charge >= 0.3 is 0 Å². The summed E-state index contributed by atoms with van der Waals surface area (Å²) in [7, 11) is -1.27. The normalized spacial score (nSPS) is 12.7. The van der Waals surface area contributed by atoms with E-state index in [9.17, 15) is 0 Å². The Kier molecular flexibility index (Phi) is 7.66. The molecule has 0 N–H and O–H groups in total. The van der Waals surface area contributed by atoms with Crippen LogP contribution in [0.1, 0.15) is 6.85 Å². The van der Waals surface area contributed by atoms with E-state index in [4.69, 9.17) is 6.85 Å². The molecule has 3 heterocycles. The number of pyridine rings is 2. The maximum Gasteiger partial charge on any atom is 0.0795 e. The topological polar surface area (TPSA) is 25.8 Å². The van der Waals surface area contributed by atoms with Crippen molar-refractivity contribution in [3.8, 4) is 33.6 Å². The summed E-state index contributed by atoms with van der Waals surface area (Å²) in [5, 5.41) is 5.98. The van der Waals surface area contributed by atoms with E-state index in [0.717, 1.165) is 42.7 Å². The molecular weight excluding hydrogens is 773 g/mol. The molecule has 0 aliphatic heterocycles. The van der Waals surface area contributed by atoms with E-state index in [1.165, 1.54) is 16.0 Å². The van der Waals surface area contributed by atoms with Crippen molar-refractivity contribution >= 4 is 55.5 Å². The van der Waals surface area contributed by atoms with Gasteiger partial charge in [-0.05, 0) is 49.9 Å². The number of hydrogen-bond donors (Lipinski definition) is 0. The maximum absolute atomic E-state index is 8.25. The zero-order valence-electron chi connectivity index (χ0n) is 30.5. The molecule has 227 valence electrons. The zero-order chi connectivity index (χ0) is 35.2. The van der Waals surface area contributed by atoms with Gasteiger partial charge in [-0.25, -0.2) is 0 Å². The summed E-state index contributed by atoms with van der Waals surface area (Å²) in [6, 6.07) is 37.5. The molecule has 8 aromatic rings. The van der Waals surface area contributed by atoms with Crippen molar-refractivity contribution in [2.24, 2.45) is 0 Å². The van der Waals surface area contributed by atoms with Crippen molar-refractivity contribution in [3.63, 3.8) is 0 Å². The van der Waals surface area contributed by atoms with Crippen LogP contribution in [0.4, 0.5) is 0 Å². The monoisotopic (exact) mass is 810 g/mol. The van der Waals surface area contributed by atoms with Crippen LogP contribution in [0.5, 0.6) is 0 Å². The van der Waals surface area contributed by atoms with Crippen LogP contribution in [0, 0.1) is 12.1 Å². The van der Waals surface area contributed by atoms with E-state index < -0.39 is 8.07 Å². The molecule has 1 radical (unpaired) electrons. The average molecular weight is 810 g/mol. The molecule has 0 spiro atoms.